The van der Waals surface area contributed by atoms with Crippen LogP contribution in [0.5, 0.6) is 0 Å². The summed E-state index contributed by atoms with van der Waals surface area (Å²) < 4.78 is 15.3. The molecule has 230 valence electrons. The molecule has 3 heterocycles. The van der Waals surface area contributed by atoms with Crippen LogP contribution >= 0.6 is 0 Å². The first kappa shape index (κ1) is 31.8. The van der Waals surface area contributed by atoms with Gasteiger partial charge < -0.3 is 30.7 Å². The van der Waals surface area contributed by atoms with Crippen molar-refractivity contribution in [3.05, 3.63) is 47.7 Å². The molecule has 0 unspecified atom stereocenters. The van der Waals surface area contributed by atoms with Crippen LogP contribution in [0.1, 0.15) is 51.3 Å². The third-order valence-electron chi connectivity index (χ3n) is 8.38. The van der Waals surface area contributed by atoms with Gasteiger partial charge in [-0.1, -0.05) is 6.92 Å². The van der Waals surface area contributed by atoms with Crippen molar-refractivity contribution in [2.75, 3.05) is 76.2 Å². The minimum absolute atomic E-state index is 0.245. The summed E-state index contributed by atoms with van der Waals surface area (Å²) in [6.07, 6.45) is 8.10. The zero-order chi connectivity index (χ0) is 30.1. The van der Waals surface area contributed by atoms with Crippen LogP contribution in [-0.4, -0.2) is 109 Å². The van der Waals surface area contributed by atoms with Gasteiger partial charge in [0.15, 0.2) is 0 Å². The van der Waals surface area contributed by atoms with E-state index < -0.39 is 0 Å². The van der Waals surface area contributed by atoms with Crippen molar-refractivity contribution in [3.63, 3.8) is 0 Å². The maximum absolute atomic E-state index is 15.3. The number of halogens is 1. The average Bonchev–Trinajstić information content (AvgIpc) is 2.98. The first-order valence-electron chi connectivity index (χ1n) is 15.5. The Morgan fingerprint density at radius 3 is 2.43 bits per heavy atom. The van der Waals surface area contributed by atoms with Gasteiger partial charge in [-0.15, -0.1) is 0 Å². The first-order chi connectivity index (χ1) is 20.3. The van der Waals surface area contributed by atoms with Gasteiger partial charge in [0, 0.05) is 94.3 Å². The van der Waals surface area contributed by atoms with E-state index in [1.165, 1.54) is 51.4 Å². The molecule has 9 nitrogen and oxygen atoms in total. The Labute approximate surface area is 251 Å². The standard InChI is InChI=1S/C32H50FN9/c1-6-11-40-16-18-41(19-17-40)15-14-39(5)28-9-12-42(13-10-28)30-8-7-27(20-29(30)33)37-32-36-22-25(4)31(38-32)26(21-34)23-35-24(2)3/h7-8,20-24,28,34-35H,6,9-19H2,1-5H3,(H,36,37,38)/b26-23+,34-21?. The molecule has 0 spiro atoms. The van der Waals surface area contributed by atoms with E-state index in [1.54, 1.807) is 12.4 Å². The van der Waals surface area contributed by atoms with Gasteiger partial charge in [0.05, 0.1) is 11.4 Å². The number of aromatic nitrogens is 2. The van der Waals surface area contributed by atoms with E-state index in [1.807, 2.05) is 32.9 Å². The lowest BCUT2D eigenvalue weighted by molar-refractivity contribution is 0.111. The topological polar surface area (TPSA) is 86.7 Å². The Kier molecular flexibility index (Phi) is 11.7. The summed E-state index contributed by atoms with van der Waals surface area (Å²) in [6.45, 7) is 18.1. The second-order valence-electron chi connectivity index (χ2n) is 12.0. The molecule has 4 rings (SSSR count). The molecule has 2 fully saturated rings. The summed E-state index contributed by atoms with van der Waals surface area (Å²) in [7, 11) is 2.24. The molecule has 2 aromatic rings. The lowest BCUT2D eigenvalue weighted by Crippen LogP contribution is -2.50. The van der Waals surface area contributed by atoms with Gasteiger partial charge in [-0.25, -0.2) is 14.4 Å². The van der Waals surface area contributed by atoms with Crippen molar-refractivity contribution in [3.8, 4) is 0 Å². The lowest BCUT2D eigenvalue weighted by Gasteiger charge is -2.39. The van der Waals surface area contributed by atoms with Crippen LogP contribution in [0.3, 0.4) is 0 Å². The molecule has 1 aromatic heterocycles. The number of hydrogen-bond donors (Lipinski definition) is 3. The Bertz CT molecular complexity index is 1180. The fourth-order valence-electron chi connectivity index (χ4n) is 5.78. The number of rotatable bonds is 13. The first-order valence-corrected chi connectivity index (χ1v) is 15.5. The Morgan fingerprint density at radius 2 is 1.81 bits per heavy atom. The molecule has 3 N–H and O–H groups in total. The van der Waals surface area contributed by atoms with Crippen LogP contribution in [0.15, 0.2) is 30.6 Å². The van der Waals surface area contributed by atoms with Crippen molar-refractivity contribution in [1.29, 1.82) is 5.41 Å². The van der Waals surface area contributed by atoms with E-state index in [4.69, 9.17) is 5.41 Å². The Hall–Kier alpha value is -3.08. The van der Waals surface area contributed by atoms with Crippen LogP contribution in [0.4, 0.5) is 21.7 Å². The second kappa shape index (κ2) is 15.4. The second-order valence-corrected chi connectivity index (χ2v) is 12.0. The molecule has 2 aliphatic heterocycles. The molecular weight excluding hydrogens is 529 g/mol. The zero-order valence-corrected chi connectivity index (χ0v) is 26.2. The van der Waals surface area contributed by atoms with Crippen LogP contribution in [0.2, 0.25) is 0 Å². The quantitative estimate of drug-likeness (QED) is 0.297. The number of allylic oxidation sites excluding steroid dienone is 1. The summed E-state index contributed by atoms with van der Waals surface area (Å²) >= 11 is 0. The highest BCUT2D eigenvalue weighted by Crippen LogP contribution is 2.28. The van der Waals surface area contributed by atoms with E-state index in [2.05, 4.69) is 54.2 Å². The molecule has 42 heavy (non-hydrogen) atoms. The largest absolute Gasteiger partial charge is 0.388 e. The van der Waals surface area contributed by atoms with Gasteiger partial charge in [0.2, 0.25) is 5.95 Å². The molecule has 0 saturated carbocycles. The SMILES string of the molecule is CCCN1CCN(CCN(C)C2CCN(c3ccc(Nc4ncc(C)c(/C(C=N)=C/NC(C)C)n4)cc3F)CC2)CC1. The van der Waals surface area contributed by atoms with E-state index in [0.29, 0.717) is 34.6 Å². The number of aryl methyl sites for hydroxylation is 1. The zero-order valence-electron chi connectivity index (χ0n) is 26.2. The number of piperazine rings is 1. The highest BCUT2D eigenvalue weighted by Gasteiger charge is 2.25. The average molecular weight is 580 g/mol. The third-order valence-corrected chi connectivity index (χ3v) is 8.38. The van der Waals surface area contributed by atoms with Crippen LogP contribution in [0.25, 0.3) is 5.57 Å². The number of piperidine rings is 1. The number of hydrogen-bond acceptors (Lipinski definition) is 9. The van der Waals surface area contributed by atoms with Gasteiger partial charge in [-0.3, -0.25) is 4.90 Å². The minimum Gasteiger partial charge on any atom is -0.388 e. The number of anilines is 3. The maximum Gasteiger partial charge on any atom is 0.227 e. The molecule has 0 aliphatic carbocycles. The van der Waals surface area contributed by atoms with Crippen molar-refractivity contribution in [2.45, 2.75) is 59.0 Å². The van der Waals surface area contributed by atoms with Crippen molar-refractivity contribution >= 4 is 29.1 Å². The third kappa shape index (κ3) is 8.72. The van der Waals surface area contributed by atoms with Gasteiger partial charge in [0.25, 0.3) is 0 Å². The molecule has 10 heteroatoms. The van der Waals surface area contributed by atoms with Crippen molar-refractivity contribution in [2.24, 2.45) is 0 Å². The number of likely N-dealkylation sites (N-methyl/N-ethyl adjacent to an activating group) is 1. The molecule has 2 aliphatic rings. The lowest BCUT2D eigenvalue weighted by atomic mass is 10.0. The highest BCUT2D eigenvalue weighted by molar-refractivity contribution is 6.07. The molecule has 0 atom stereocenters. The number of nitrogens with zero attached hydrogens (tertiary/aromatic N) is 6. The summed E-state index contributed by atoms with van der Waals surface area (Å²) in [6, 6.07) is 6.03. The Morgan fingerprint density at radius 1 is 1.12 bits per heavy atom. The van der Waals surface area contributed by atoms with Crippen LogP contribution < -0.4 is 15.5 Å². The smallest absolute Gasteiger partial charge is 0.227 e. The fraction of sp³-hybridized carbons (Fsp3) is 0.594. The van der Waals surface area contributed by atoms with E-state index in [-0.39, 0.29) is 11.9 Å². The molecule has 0 amide bonds. The van der Waals surface area contributed by atoms with Crippen LogP contribution in [0, 0.1) is 18.2 Å². The van der Waals surface area contributed by atoms with Crippen molar-refractivity contribution in [1.82, 2.24) is 30.0 Å². The van der Waals surface area contributed by atoms with Gasteiger partial charge in [-0.05, 0) is 77.4 Å². The predicted octanol–water partition coefficient (Wildman–Crippen LogP) is 4.58. The molecule has 1 aromatic carbocycles. The molecular formula is C32H50FN9. The summed E-state index contributed by atoms with van der Waals surface area (Å²) in [4.78, 5) is 18.8. The fourth-order valence-corrected chi connectivity index (χ4v) is 5.78. The van der Waals surface area contributed by atoms with Crippen LogP contribution in [-0.2, 0) is 0 Å². The van der Waals surface area contributed by atoms with Gasteiger partial charge in [0.1, 0.15) is 5.82 Å². The van der Waals surface area contributed by atoms with E-state index in [9.17, 15) is 0 Å². The van der Waals surface area contributed by atoms with E-state index >= 15 is 4.39 Å². The normalized spacial score (nSPS) is 17.7. The summed E-state index contributed by atoms with van der Waals surface area (Å²) in [5.41, 5.74) is 3.42. The Balaban J connectivity index is 1.29. The number of nitrogens with one attached hydrogen (secondary N) is 3. The molecule has 0 radical (unpaired) electrons. The van der Waals surface area contributed by atoms with Gasteiger partial charge >= 0.3 is 0 Å². The van der Waals surface area contributed by atoms with E-state index in [0.717, 1.165) is 44.6 Å². The summed E-state index contributed by atoms with van der Waals surface area (Å²) in [5.74, 6) is 0.120. The van der Waals surface area contributed by atoms with Gasteiger partial charge in [-0.2, -0.15) is 0 Å². The minimum atomic E-state index is -0.248. The molecule has 2 saturated heterocycles. The molecule has 0 bridgehead atoms. The predicted molar refractivity (Wildman–Crippen MR) is 173 cm³/mol. The number of benzene rings is 1. The highest BCUT2D eigenvalue weighted by atomic mass is 19.1. The maximum atomic E-state index is 15.3. The summed E-state index contributed by atoms with van der Waals surface area (Å²) in [5, 5.41) is 14.2. The van der Waals surface area contributed by atoms with Crippen molar-refractivity contribution < 1.29 is 4.39 Å². The monoisotopic (exact) mass is 579 g/mol.